The highest BCUT2D eigenvalue weighted by Gasteiger charge is 2.21. The molecule has 0 aliphatic heterocycles. The van der Waals surface area contributed by atoms with E-state index >= 15 is 0 Å². The SMILES string of the molecule is C=CCn1c(SCC(=O)Nc2nc(-c3ccc(Cl)cc3Cl)cs2)nnc1C(C)Oc1ccc(Cl)cc1Cl. The third-order valence-electron chi connectivity index (χ3n) is 4.91. The molecule has 0 fully saturated rings. The van der Waals surface area contributed by atoms with Crippen molar-refractivity contribution in [2.24, 2.45) is 0 Å². The number of halogens is 4. The van der Waals surface area contributed by atoms with Crippen LogP contribution in [0.25, 0.3) is 11.3 Å². The van der Waals surface area contributed by atoms with E-state index in [4.69, 9.17) is 51.1 Å². The summed E-state index contributed by atoms with van der Waals surface area (Å²) in [6, 6.07) is 10.2. The summed E-state index contributed by atoms with van der Waals surface area (Å²) in [5.41, 5.74) is 1.39. The number of anilines is 1. The van der Waals surface area contributed by atoms with Crippen LogP contribution in [0.3, 0.4) is 0 Å². The van der Waals surface area contributed by atoms with Crippen LogP contribution in [0.5, 0.6) is 5.75 Å². The normalized spacial score (nSPS) is 11.8. The van der Waals surface area contributed by atoms with E-state index in [1.165, 1.54) is 23.1 Å². The predicted molar refractivity (Wildman–Crippen MR) is 153 cm³/mol. The van der Waals surface area contributed by atoms with Gasteiger partial charge < -0.3 is 10.1 Å². The number of hydrogen-bond donors (Lipinski definition) is 1. The van der Waals surface area contributed by atoms with Gasteiger partial charge >= 0.3 is 0 Å². The number of benzene rings is 2. The topological polar surface area (TPSA) is 81.9 Å². The second-order valence-electron chi connectivity index (χ2n) is 7.57. The number of thiazole rings is 1. The Morgan fingerprint density at radius 2 is 1.89 bits per heavy atom. The molecule has 7 nitrogen and oxygen atoms in total. The number of aromatic nitrogens is 4. The molecule has 0 saturated carbocycles. The van der Waals surface area contributed by atoms with Crippen LogP contribution in [0, 0.1) is 0 Å². The Morgan fingerprint density at radius 3 is 2.59 bits per heavy atom. The molecule has 0 bridgehead atoms. The molecule has 0 saturated heterocycles. The first-order chi connectivity index (χ1) is 17.7. The van der Waals surface area contributed by atoms with Gasteiger partial charge in [0.05, 0.1) is 21.5 Å². The van der Waals surface area contributed by atoms with E-state index in [1.54, 1.807) is 42.5 Å². The number of rotatable bonds is 10. The molecule has 13 heteroatoms. The largest absolute Gasteiger partial charge is 0.481 e. The van der Waals surface area contributed by atoms with Gasteiger partial charge in [-0.15, -0.1) is 28.1 Å². The Kier molecular flexibility index (Phi) is 9.39. The fraction of sp³-hybridized carbons (Fsp3) is 0.167. The summed E-state index contributed by atoms with van der Waals surface area (Å²) in [4.78, 5) is 17.1. The molecular weight excluding hydrogens is 596 g/mol. The summed E-state index contributed by atoms with van der Waals surface area (Å²) in [7, 11) is 0. The molecule has 0 aliphatic rings. The molecule has 4 rings (SSSR count). The molecule has 0 radical (unpaired) electrons. The van der Waals surface area contributed by atoms with Gasteiger partial charge in [0, 0.05) is 27.5 Å². The second kappa shape index (κ2) is 12.5. The fourth-order valence-electron chi connectivity index (χ4n) is 3.26. The minimum atomic E-state index is -0.470. The van der Waals surface area contributed by atoms with Gasteiger partial charge in [0.25, 0.3) is 0 Å². The van der Waals surface area contributed by atoms with Gasteiger partial charge in [-0.1, -0.05) is 64.2 Å². The predicted octanol–water partition coefficient (Wildman–Crippen LogP) is 8.07. The van der Waals surface area contributed by atoms with Crippen molar-refractivity contribution in [2.75, 3.05) is 11.1 Å². The van der Waals surface area contributed by atoms with Gasteiger partial charge in [-0.3, -0.25) is 9.36 Å². The Morgan fingerprint density at radius 1 is 1.16 bits per heavy atom. The van der Waals surface area contributed by atoms with Crippen molar-refractivity contribution >= 4 is 80.5 Å². The van der Waals surface area contributed by atoms with Crippen molar-refractivity contribution in [3.05, 3.63) is 80.3 Å². The lowest BCUT2D eigenvalue weighted by Crippen LogP contribution is -2.15. The van der Waals surface area contributed by atoms with Gasteiger partial charge in [0.2, 0.25) is 5.91 Å². The minimum Gasteiger partial charge on any atom is -0.481 e. The number of allylic oxidation sites excluding steroid dienone is 1. The Balaban J connectivity index is 1.40. The lowest BCUT2D eigenvalue weighted by Gasteiger charge is -2.16. The average Bonchev–Trinajstić information content (AvgIpc) is 3.47. The third kappa shape index (κ3) is 6.98. The van der Waals surface area contributed by atoms with E-state index in [0.29, 0.717) is 54.2 Å². The molecule has 0 aliphatic carbocycles. The second-order valence-corrected chi connectivity index (χ2v) is 11.1. The highest BCUT2D eigenvalue weighted by molar-refractivity contribution is 7.99. The zero-order valence-electron chi connectivity index (χ0n) is 19.3. The summed E-state index contributed by atoms with van der Waals surface area (Å²) in [5.74, 6) is 0.908. The number of nitrogens with one attached hydrogen (secondary N) is 1. The van der Waals surface area contributed by atoms with Crippen molar-refractivity contribution < 1.29 is 9.53 Å². The van der Waals surface area contributed by atoms with E-state index in [9.17, 15) is 4.79 Å². The van der Waals surface area contributed by atoms with Gasteiger partial charge in [-0.25, -0.2) is 4.98 Å². The summed E-state index contributed by atoms with van der Waals surface area (Å²) < 4.78 is 7.82. The zero-order chi connectivity index (χ0) is 26.5. The molecule has 1 N–H and O–H groups in total. The minimum absolute atomic E-state index is 0.101. The summed E-state index contributed by atoms with van der Waals surface area (Å²) >= 11 is 27.0. The first kappa shape index (κ1) is 27.8. The van der Waals surface area contributed by atoms with Gasteiger partial charge in [-0.2, -0.15) is 0 Å². The van der Waals surface area contributed by atoms with Gasteiger partial charge in [0.1, 0.15) is 5.75 Å². The molecule has 4 aromatic rings. The number of nitrogens with zero attached hydrogens (tertiary/aromatic N) is 4. The van der Waals surface area contributed by atoms with Crippen LogP contribution >= 0.6 is 69.5 Å². The molecule has 0 spiro atoms. The van der Waals surface area contributed by atoms with Gasteiger partial charge in [-0.05, 0) is 43.3 Å². The third-order valence-corrected chi connectivity index (χ3v) is 7.71. The van der Waals surface area contributed by atoms with E-state index in [-0.39, 0.29) is 11.7 Å². The smallest absolute Gasteiger partial charge is 0.236 e. The molecule has 2 heterocycles. The van der Waals surface area contributed by atoms with Crippen LogP contribution in [0.1, 0.15) is 18.9 Å². The molecule has 192 valence electrons. The lowest BCUT2D eigenvalue weighted by molar-refractivity contribution is -0.113. The van der Waals surface area contributed by atoms with Crippen molar-refractivity contribution in [3.8, 4) is 17.0 Å². The fourth-order valence-corrected chi connectivity index (χ4v) is 5.70. The number of carbonyl (C=O) groups excluding carboxylic acids is 1. The van der Waals surface area contributed by atoms with Crippen LogP contribution in [-0.2, 0) is 11.3 Å². The molecule has 2 aromatic heterocycles. The van der Waals surface area contributed by atoms with Crippen molar-refractivity contribution in [1.82, 2.24) is 19.7 Å². The first-order valence-electron chi connectivity index (χ1n) is 10.7. The lowest BCUT2D eigenvalue weighted by atomic mass is 10.2. The summed E-state index contributed by atoms with van der Waals surface area (Å²) in [6.45, 7) is 6.08. The van der Waals surface area contributed by atoms with Crippen LogP contribution in [0.4, 0.5) is 5.13 Å². The summed E-state index contributed by atoms with van der Waals surface area (Å²) in [5, 5.41) is 16.1. The first-order valence-corrected chi connectivity index (χ1v) is 14.1. The number of ether oxygens (including phenoxy) is 1. The van der Waals surface area contributed by atoms with Crippen molar-refractivity contribution in [1.29, 1.82) is 0 Å². The van der Waals surface area contributed by atoms with E-state index < -0.39 is 6.10 Å². The number of thioether (sulfide) groups is 1. The maximum absolute atomic E-state index is 12.6. The maximum atomic E-state index is 12.6. The molecule has 2 aromatic carbocycles. The highest BCUT2D eigenvalue weighted by Crippen LogP contribution is 2.33. The van der Waals surface area contributed by atoms with Crippen LogP contribution < -0.4 is 10.1 Å². The molecule has 1 amide bonds. The van der Waals surface area contributed by atoms with Gasteiger partial charge in [0.15, 0.2) is 22.2 Å². The van der Waals surface area contributed by atoms with Crippen molar-refractivity contribution in [3.63, 3.8) is 0 Å². The van der Waals surface area contributed by atoms with Crippen molar-refractivity contribution in [2.45, 2.75) is 24.7 Å². The molecule has 37 heavy (non-hydrogen) atoms. The standard InChI is InChI=1S/C24H19Cl4N5O2S2/c1-3-8-33-22(13(2)35-20-7-5-15(26)10-18(20)28)31-32-24(33)37-12-21(34)30-23-29-19(11-36-23)16-6-4-14(25)9-17(16)27/h3-7,9-11,13H,1,8,12H2,2H3,(H,29,30,34). The molecule has 1 atom stereocenters. The summed E-state index contributed by atoms with van der Waals surface area (Å²) in [6.07, 6.45) is 1.25. The Bertz CT molecular complexity index is 1440. The Labute approximate surface area is 241 Å². The molecular formula is C24H19Cl4N5O2S2. The number of carbonyl (C=O) groups is 1. The Hall–Kier alpha value is -2.27. The van der Waals surface area contributed by atoms with Crippen LogP contribution in [0.15, 0.2) is 59.6 Å². The van der Waals surface area contributed by atoms with Crippen LogP contribution in [0.2, 0.25) is 20.1 Å². The quantitative estimate of drug-likeness (QED) is 0.144. The average molecular weight is 615 g/mol. The number of amides is 1. The van der Waals surface area contributed by atoms with E-state index in [2.05, 4.69) is 27.1 Å². The monoisotopic (exact) mass is 613 g/mol. The highest BCUT2D eigenvalue weighted by atomic mass is 35.5. The molecule has 1 unspecified atom stereocenters. The van der Waals surface area contributed by atoms with Crippen LogP contribution in [-0.4, -0.2) is 31.4 Å². The number of hydrogen-bond acceptors (Lipinski definition) is 7. The maximum Gasteiger partial charge on any atom is 0.236 e. The van der Waals surface area contributed by atoms with E-state index in [1.807, 2.05) is 16.9 Å². The van der Waals surface area contributed by atoms with E-state index in [0.717, 1.165) is 5.56 Å². The zero-order valence-corrected chi connectivity index (χ0v) is 23.9.